The highest BCUT2D eigenvalue weighted by Gasteiger charge is 2.60. The largest absolute Gasteiger partial charge is 0.462 e. The van der Waals surface area contributed by atoms with Crippen LogP contribution in [0, 0.1) is 52.3 Å². The number of rotatable bonds is 22. The van der Waals surface area contributed by atoms with Crippen molar-refractivity contribution >= 4 is 29.7 Å². The number of hydrogen-bond donors (Lipinski definition) is 0. The van der Waals surface area contributed by atoms with E-state index in [9.17, 15) is 24.0 Å². The average molecular weight is 775 g/mol. The summed E-state index contributed by atoms with van der Waals surface area (Å²) >= 11 is 0. The summed E-state index contributed by atoms with van der Waals surface area (Å²) in [5, 5.41) is 0. The molecular weight excluding hydrogens is 700 g/mol. The molecule has 0 heterocycles. The Hall–Kier alpha value is -2.49. The van der Waals surface area contributed by atoms with Gasteiger partial charge in [-0.2, -0.15) is 0 Å². The molecule has 0 aromatic heterocycles. The van der Waals surface area contributed by atoms with E-state index < -0.39 is 18.0 Å². The normalized spacial score (nSPS) is 31.0. The van der Waals surface area contributed by atoms with Crippen molar-refractivity contribution in [2.75, 3.05) is 20.0 Å². The Bertz CT molecular complexity index is 1260. The van der Waals surface area contributed by atoms with Gasteiger partial charge in [0.15, 0.2) is 12.9 Å². The fourth-order valence-electron chi connectivity index (χ4n) is 11.2. The molecule has 0 bridgehead atoms. The second kappa shape index (κ2) is 21.3. The summed E-state index contributed by atoms with van der Waals surface area (Å²) in [7, 11) is 0. The minimum Gasteiger partial charge on any atom is -0.462 e. The van der Waals surface area contributed by atoms with Gasteiger partial charge in [-0.3, -0.25) is 24.0 Å². The third kappa shape index (κ3) is 12.0. The number of carbonyl (C=O) groups is 5. The quantitative estimate of drug-likeness (QED) is 0.0454. The molecule has 4 fully saturated rings. The van der Waals surface area contributed by atoms with Crippen molar-refractivity contribution in [2.45, 2.75) is 183 Å². The zero-order valence-electron chi connectivity index (χ0n) is 35.3. The fourth-order valence-corrected chi connectivity index (χ4v) is 11.2. The third-order valence-electron chi connectivity index (χ3n) is 14.7. The van der Waals surface area contributed by atoms with Gasteiger partial charge in [0.1, 0.15) is 19.0 Å². The van der Waals surface area contributed by atoms with Gasteiger partial charge in [-0.15, -0.1) is 0 Å². The van der Waals surface area contributed by atoms with Crippen LogP contribution in [0.2, 0.25) is 0 Å². The smallest absolute Gasteiger partial charge is 0.310 e. The maximum absolute atomic E-state index is 12.7. The lowest BCUT2D eigenvalue weighted by molar-refractivity contribution is -0.177. The molecule has 0 aromatic carbocycles. The van der Waals surface area contributed by atoms with Crippen LogP contribution < -0.4 is 0 Å². The van der Waals surface area contributed by atoms with Crippen molar-refractivity contribution in [1.29, 1.82) is 0 Å². The zero-order chi connectivity index (χ0) is 40.2. The number of Topliss-reactive ketones (excluding diaryl/α,β-unsaturated/α-hetero) is 1. The van der Waals surface area contributed by atoms with Gasteiger partial charge in [0, 0.05) is 18.8 Å². The van der Waals surface area contributed by atoms with Crippen LogP contribution in [0.25, 0.3) is 0 Å². The zero-order valence-corrected chi connectivity index (χ0v) is 35.3. The van der Waals surface area contributed by atoms with Crippen LogP contribution in [0.3, 0.4) is 0 Å². The maximum atomic E-state index is 12.7. The van der Waals surface area contributed by atoms with E-state index in [2.05, 4.69) is 13.8 Å². The number of ketones is 1. The van der Waals surface area contributed by atoms with E-state index in [0.717, 1.165) is 76.0 Å². The van der Waals surface area contributed by atoms with Gasteiger partial charge in [0.25, 0.3) is 0 Å². The Morgan fingerprint density at radius 2 is 1.22 bits per heavy atom. The maximum Gasteiger partial charge on any atom is 0.310 e. The molecule has 0 radical (unpaired) electrons. The highest BCUT2D eigenvalue weighted by molar-refractivity contribution is 5.79. The second-order valence-corrected chi connectivity index (χ2v) is 18.2. The summed E-state index contributed by atoms with van der Waals surface area (Å²) in [4.78, 5) is 61.0. The van der Waals surface area contributed by atoms with Gasteiger partial charge < -0.3 is 23.7 Å². The molecule has 55 heavy (non-hydrogen) atoms. The standard InChI is InChI=1S/C45H74O10/c1-8-40(47)51-27-35(28-52-41(48)9-2)55-43(50)31(4)17-15-13-11-10-12-14-16-30(3)42(49)54-29-53-34-22-24-44(6)33(26-34)18-19-36-38-21-20-37(32(5)46)45(38,7)25-23-39(36)44/h30-31,33-39H,8-29H2,1-7H3/t30?,31?,33-,34+,36-,37+,38-,39-,44-,45+/m0/s1. The van der Waals surface area contributed by atoms with Crippen LogP contribution in [-0.2, 0) is 47.7 Å². The van der Waals surface area contributed by atoms with E-state index in [0.29, 0.717) is 29.5 Å². The van der Waals surface area contributed by atoms with Gasteiger partial charge in [0.2, 0.25) is 0 Å². The molecule has 0 saturated heterocycles. The lowest BCUT2D eigenvalue weighted by Crippen LogP contribution is -2.54. The number of carbonyl (C=O) groups excluding carboxylic acids is 5. The predicted molar refractivity (Wildman–Crippen MR) is 209 cm³/mol. The number of fused-ring (bicyclic) bond motifs is 5. The fraction of sp³-hybridized carbons (Fsp3) is 0.889. The SMILES string of the molecule is CCC(=O)OCC(COC(=O)CC)OC(=O)C(C)CCCCCCCCC(C)C(=O)OCO[C@@H]1CC[C@@]2(C)[C@@H](CC[C@@H]3[C@@H]2CC[C@]2(C)[C@@H](C(C)=O)CC[C@@H]32)C1. The van der Waals surface area contributed by atoms with E-state index in [4.69, 9.17) is 23.7 Å². The molecular formula is C45H74O10. The number of ether oxygens (including phenoxy) is 5. The minimum atomic E-state index is -0.822. The predicted octanol–water partition coefficient (Wildman–Crippen LogP) is 9.33. The van der Waals surface area contributed by atoms with Crippen molar-refractivity contribution in [3.63, 3.8) is 0 Å². The summed E-state index contributed by atoms with van der Waals surface area (Å²) in [6, 6.07) is 0. The van der Waals surface area contributed by atoms with Crippen molar-refractivity contribution in [2.24, 2.45) is 52.3 Å². The Kier molecular flexibility index (Phi) is 17.5. The summed E-state index contributed by atoms with van der Waals surface area (Å²) in [6.07, 6.45) is 17.8. The Labute approximate surface area is 331 Å². The van der Waals surface area contributed by atoms with Crippen molar-refractivity contribution in [3.8, 4) is 0 Å². The number of unbranched alkanes of at least 4 members (excludes halogenated alkanes) is 5. The first-order valence-corrected chi connectivity index (χ1v) is 22.0. The van der Waals surface area contributed by atoms with Gasteiger partial charge in [-0.25, -0.2) is 0 Å². The first kappa shape index (κ1) is 45.2. The van der Waals surface area contributed by atoms with Gasteiger partial charge in [-0.1, -0.05) is 80.1 Å². The van der Waals surface area contributed by atoms with Crippen molar-refractivity contribution < 1.29 is 47.7 Å². The molecule has 10 heteroatoms. The Balaban J connectivity index is 1.04. The lowest BCUT2D eigenvalue weighted by Gasteiger charge is -2.61. The number of esters is 4. The molecule has 0 N–H and O–H groups in total. The van der Waals surface area contributed by atoms with Crippen LogP contribution in [0.15, 0.2) is 0 Å². The molecule has 10 atom stereocenters. The van der Waals surface area contributed by atoms with Crippen molar-refractivity contribution in [3.05, 3.63) is 0 Å². The van der Waals surface area contributed by atoms with Crippen LogP contribution in [0.5, 0.6) is 0 Å². The molecule has 0 amide bonds. The van der Waals surface area contributed by atoms with Crippen molar-refractivity contribution in [1.82, 2.24) is 0 Å². The third-order valence-corrected chi connectivity index (χ3v) is 14.7. The van der Waals surface area contributed by atoms with Crippen LogP contribution >= 0.6 is 0 Å². The average Bonchev–Trinajstić information content (AvgIpc) is 3.53. The summed E-state index contributed by atoms with van der Waals surface area (Å²) in [5.74, 6) is 1.69. The molecule has 0 aliphatic heterocycles. The second-order valence-electron chi connectivity index (χ2n) is 18.2. The molecule has 4 rings (SSSR count). The van der Waals surface area contributed by atoms with Crippen LogP contribution in [0.4, 0.5) is 0 Å². The van der Waals surface area contributed by atoms with Gasteiger partial charge >= 0.3 is 23.9 Å². The monoisotopic (exact) mass is 775 g/mol. The molecule has 4 aliphatic carbocycles. The van der Waals surface area contributed by atoms with E-state index in [-0.39, 0.29) is 74.1 Å². The topological polar surface area (TPSA) is 132 Å². The summed E-state index contributed by atoms with van der Waals surface area (Å²) in [5.41, 5.74) is 0.553. The lowest BCUT2D eigenvalue weighted by atomic mass is 9.44. The molecule has 0 aromatic rings. The van der Waals surface area contributed by atoms with Gasteiger partial charge in [0.05, 0.1) is 17.9 Å². The Morgan fingerprint density at radius 1 is 0.655 bits per heavy atom. The molecule has 10 nitrogen and oxygen atoms in total. The first-order chi connectivity index (χ1) is 26.2. The highest BCUT2D eigenvalue weighted by atomic mass is 16.7. The minimum absolute atomic E-state index is 0.0431. The van der Waals surface area contributed by atoms with Crippen LogP contribution in [0.1, 0.15) is 170 Å². The van der Waals surface area contributed by atoms with Crippen LogP contribution in [-0.4, -0.2) is 61.9 Å². The van der Waals surface area contributed by atoms with E-state index in [1.165, 1.54) is 38.5 Å². The summed E-state index contributed by atoms with van der Waals surface area (Å²) in [6.45, 7) is 13.7. The summed E-state index contributed by atoms with van der Waals surface area (Å²) < 4.78 is 27.5. The number of hydrogen-bond acceptors (Lipinski definition) is 10. The van der Waals surface area contributed by atoms with E-state index in [1.54, 1.807) is 13.8 Å². The molecule has 314 valence electrons. The molecule has 4 aliphatic rings. The molecule has 0 spiro atoms. The first-order valence-electron chi connectivity index (χ1n) is 22.0. The van der Waals surface area contributed by atoms with E-state index >= 15 is 0 Å². The highest BCUT2D eigenvalue weighted by Crippen LogP contribution is 2.67. The molecule has 2 unspecified atom stereocenters. The Morgan fingerprint density at radius 3 is 1.82 bits per heavy atom. The molecule has 4 saturated carbocycles. The van der Waals surface area contributed by atoms with E-state index in [1.807, 2.05) is 20.8 Å². The van der Waals surface area contributed by atoms with Gasteiger partial charge in [-0.05, 0) is 112 Å².